The van der Waals surface area contributed by atoms with Gasteiger partial charge < -0.3 is 10.1 Å². The van der Waals surface area contributed by atoms with Crippen LogP contribution in [-0.2, 0) is 6.42 Å². The Labute approximate surface area is 121 Å². The van der Waals surface area contributed by atoms with Crippen molar-refractivity contribution < 1.29 is 4.74 Å². The lowest BCUT2D eigenvalue weighted by Gasteiger charge is -2.22. The number of nitrogens with one attached hydrogen (secondary N) is 1. The fourth-order valence-corrected chi connectivity index (χ4v) is 2.55. The summed E-state index contributed by atoms with van der Waals surface area (Å²) in [7, 11) is 1.70. The van der Waals surface area contributed by atoms with Crippen molar-refractivity contribution in [1.29, 1.82) is 0 Å². The molecule has 0 amide bonds. The van der Waals surface area contributed by atoms with Crippen LogP contribution >= 0.6 is 0 Å². The van der Waals surface area contributed by atoms with Gasteiger partial charge in [0.25, 0.3) is 0 Å². The molecule has 2 nitrogen and oxygen atoms in total. The average molecular weight is 269 g/mol. The van der Waals surface area contributed by atoms with E-state index in [1.165, 1.54) is 16.7 Å². The first-order chi connectivity index (χ1) is 9.80. The second kappa shape index (κ2) is 7.11. The largest absolute Gasteiger partial charge is 0.497 e. The molecule has 0 saturated carbocycles. The molecule has 0 saturated heterocycles. The molecule has 0 aliphatic heterocycles. The van der Waals surface area contributed by atoms with E-state index in [0.29, 0.717) is 0 Å². The minimum atomic E-state index is 0.238. The zero-order valence-corrected chi connectivity index (χ0v) is 12.5. The molecule has 106 valence electrons. The molecule has 20 heavy (non-hydrogen) atoms. The Hall–Kier alpha value is -1.80. The summed E-state index contributed by atoms with van der Waals surface area (Å²) in [5, 5.41) is 3.59. The molecule has 0 aromatic heterocycles. The third-order valence-corrected chi connectivity index (χ3v) is 3.60. The van der Waals surface area contributed by atoms with Crippen LogP contribution in [0.5, 0.6) is 5.75 Å². The number of ether oxygens (including phenoxy) is 1. The molecule has 2 rings (SSSR count). The Kier molecular flexibility index (Phi) is 5.19. The number of methoxy groups -OCH3 is 1. The normalized spacial score (nSPS) is 12.2. The van der Waals surface area contributed by atoms with Crippen molar-refractivity contribution in [2.24, 2.45) is 0 Å². The summed E-state index contributed by atoms with van der Waals surface area (Å²) in [6.07, 6.45) is 1.05. The van der Waals surface area contributed by atoms with Crippen molar-refractivity contribution in [3.8, 4) is 5.75 Å². The van der Waals surface area contributed by atoms with E-state index >= 15 is 0 Å². The van der Waals surface area contributed by atoms with Crippen LogP contribution in [0.15, 0.2) is 48.5 Å². The highest BCUT2D eigenvalue weighted by atomic mass is 16.5. The first-order valence-electron chi connectivity index (χ1n) is 7.25. The highest BCUT2D eigenvalue weighted by Gasteiger charge is 2.15. The lowest BCUT2D eigenvalue weighted by Crippen LogP contribution is -2.23. The number of rotatable bonds is 6. The summed E-state index contributed by atoms with van der Waals surface area (Å²) in [5.74, 6) is 0.896. The zero-order valence-electron chi connectivity index (χ0n) is 12.5. The third-order valence-electron chi connectivity index (χ3n) is 3.60. The molecule has 0 aliphatic rings. The highest BCUT2D eigenvalue weighted by Crippen LogP contribution is 2.27. The fraction of sp³-hybridized carbons (Fsp3) is 0.333. The first-order valence-corrected chi connectivity index (χ1v) is 7.25. The summed E-state index contributed by atoms with van der Waals surface area (Å²) < 4.78 is 5.24. The van der Waals surface area contributed by atoms with Crippen molar-refractivity contribution in [2.75, 3.05) is 13.7 Å². The van der Waals surface area contributed by atoms with Gasteiger partial charge in [0.05, 0.1) is 13.2 Å². The lowest BCUT2D eigenvalue weighted by molar-refractivity contribution is 0.414. The number of benzene rings is 2. The molecule has 2 aromatic rings. The Morgan fingerprint density at radius 2 is 1.70 bits per heavy atom. The SMILES string of the molecule is CCNC(c1ccc(OC)cc1)c1ccccc1CC. The van der Waals surface area contributed by atoms with Crippen molar-refractivity contribution in [3.63, 3.8) is 0 Å². The molecule has 0 heterocycles. The minimum absolute atomic E-state index is 0.238. The maximum Gasteiger partial charge on any atom is 0.118 e. The van der Waals surface area contributed by atoms with Crippen LogP contribution in [0.2, 0.25) is 0 Å². The molecule has 0 aliphatic carbocycles. The predicted octanol–water partition coefficient (Wildman–Crippen LogP) is 3.96. The van der Waals surface area contributed by atoms with Gasteiger partial charge in [0, 0.05) is 0 Å². The lowest BCUT2D eigenvalue weighted by atomic mass is 9.93. The fourth-order valence-electron chi connectivity index (χ4n) is 2.55. The van der Waals surface area contributed by atoms with Crippen LogP contribution in [-0.4, -0.2) is 13.7 Å². The second-order valence-corrected chi connectivity index (χ2v) is 4.82. The smallest absolute Gasteiger partial charge is 0.118 e. The standard InChI is InChI=1S/C18H23NO/c1-4-14-8-6-7-9-17(14)18(19-5-2)15-10-12-16(20-3)13-11-15/h6-13,18-19H,4-5H2,1-3H3. The number of aryl methyl sites for hydroxylation is 1. The van der Waals surface area contributed by atoms with Gasteiger partial charge in [0.1, 0.15) is 5.75 Å². The van der Waals surface area contributed by atoms with E-state index in [1.54, 1.807) is 7.11 Å². The monoisotopic (exact) mass is 269 g/mol. The van der Waals surface area contributed by atoms with Gasteiger partial charge in [-0.25, -0.2) is 0 Å². The molecule has 0 fully saturated rings. The van der Waals surface area contributed by atoms with Crippen LogP contribution in [0, 0.1) is 0 Å². The molecule has 1 N–H and O–H groups in total. The van der Waals surface area contributed by atoms with Crippen molar-refractivity contribution in [3.05, 3.63) is 65.2 Å². The Morgan fingerprint density at radius 1 is 1.00 bits per heavy atom. The van der Waals surface area contributed by atoms with Crippen LogP contribution in [0.1, 0.15) is 36.6 Å². The van der Waals surface area contributed by atoms with Gasteiger partial charge in [0.2, 0.25) is 0 Å². The quantitative estimate of drug-likeness (QED) is 0.857. The Bertz CT molecular complexity index is 533. The zero-order chi connectivity index (χ0) is 14.4. The molecular formula is C18H23NO. The van der Waals surface area contributed by atoms with Gasteiger partial charge >= 0.3 is 0 Å². The van der Waals surface area contributed by atoms with Crippen molar-refractivity contribution in [2.45, 2.75) is 26.3 Å². The maximum atomic E-state index is 5.24. The first kappa shape index (κ1) is 14.6. The summed E-state index contributed by atoms with van der Waals surface area (Å²) in [6, 6.07) is 17.2. The van der Waals surface area contributed by atoms with Crippen LogP contribution in [0.4, 0.5) is 0 Å². The van der Waals surface area contributed by atoms with Gasteiger partial charge in [-0.3, -0.25) is 0 Å². The van der Waals surface area contributed by atoms with E-state index in [-0.39, 0.29) is 6.04 Å². The molecule has 2 aromatic carbocycles. The van der Waals surface area contributed by atoms with Crippen LogP contribution in [0.3, 0.4) is 0 Å². The summed E-state index contributed by atoms with van der Waals surface area (Å²) in [5.41, 5.74) is 4.03. The molecule has 0 radical (unpaired) electrons. The van der Waals surface area contributed by atoms with Gasteiger partial charge in [0.15, 0.2) is 0 Å². The van der Waals surface area contributed by atoms with Gasteiger partial charge in [-0.2, -0.15) is 0 Å². The Balaban J connectivity index is 2.39. The van der Waals surface area contributed by atoms with Gasteiger partial charge in [-0.1, -0.05) is 50.2 Å². The Morgan fingerprint density at radius 3 is 2.30 bits per heavy atom. The number of hydrogen-bond acceptors (Lipinski definition) is 2. The van der Waals surface area contributed by atoms with Crippen LogP contribution < -0.4 is 10.1 Å². The third kappa shape index (κ3) is 3.20. The highest BCUT2D eigenvalue weighted by molar-refractivity contribution is 5.39. The summed E-state index contributed by atoms with van der Waals surface area (Å²) >= 11 is 0. The summed E-state index contributed by atoms with van der Waals surface area (Å²) in [4.78, 5) is 0. The van der Waals surface area contributed by atoms with E-state index in [1.807, 2.05) is 12.1 Å². The average Bonchev–Trinajstić information content (AvgIpc) is 2.53. The van der Waals surface area contributed by atoms with E-state index in [4.69, 9.17) is 4.74 Å². The molecular weight excluding hydrogens is 246 g/mol. The number of hydrogen-bond donors (Lipinski definition) is 1. The molecule has 1 atom stereocenters. The predicted molar refractivity (Wildman–Crippen MR) is 84.3 cm³/mol. The van der Waals surface area contributed by atoms with E-state index in [2.05, 4.69) is 55.6 Å². The van der Waals surface area contributed by atoms with E-state index in [9.17, 15) is 0 Å². The maximum absolute atomic E-state index is 5.24. The van der Waals surface area contributed by atoms with Gasteiger partial charge in [-0.05, 0) is 41.8 Å². The van der Waals surface area contributed by atoms with Crippen molar-refractivity contribution in [1.82, 2.24) is 5.32 Å². The second-order valence-electron chi connectivity index (χ2n) is 4.82. The van der Waals surface area contributed by atoms with E-state index < -0.39 is 0 Å². The molecule has 1 unspecified atom stereocenters. The van der Waals surface area contributed by atoms with E-state index in [0.717, 1.165) is 18.7 Å². The molecule has 0 bridgehead atoms. The summed E-state index contributed by atoms with van der Waals surface area (Å²) in [6.45, 7) is 5.29. The minimum Gasteiger partial charge on any atom is -0.497 e. The van der Waals surface area contributed by atoms with Gasteiger partial charge in [-0.15, -0.1) is 0 Å². The molecule has 2 heteroatoms. The topological polar surface area (TPSA) is 21.3 Å². The van der Waals surface area contributed by atoms with Crippen molar-refractivity contribution >= 4 is 0 Å². The molecule has 0 spiro atoms. The van der Waals surface area contributed by atoms with Crippen LogP contribution in [0.25, 0.3) is 0 Å².